The van der Waals surface area contributed by atoms with Crippen LogP contribution in [-0.2, 0) is 20.9 Å². The van der Waals surface area contributed by atoms with Crippen molar-refractivity contribution >= 4 is 33.0 Å². The molecule has 0 aliphatic heterocycles. The first-order valence-electron chi connectivity index (χ1n) is 11.1. The smallest absolute Gasteiger partial charge is 0.416 e. The molecule has 184 valence electrons. The molecule has 2 aliphatic rings. The summed E-state index contributed by atoms with van der Waals surface area (Å²) in [4.78, 5) is 13.7. The fourth-order valence-corrected chi connectivity index (χ4v) is 6.66. The number of nitrogens with one attached hydrogen (secondary N) is 1. The van der Waals surface area contributed by atoms with Crippen molar-refractivity contribution in [2.75, 3.05) is 11.8 Å². The summed E-state index contributed by atoms with van der Waals surface area (Å²) in [5, 5.41) is 0. The van der Waals surface area contributed by atoms with Gasteiger partial charge in [0.2, 0.25) is 0 Å². The zero-order valence-electron chi connectivity index (χ0n) is 18.7. The van der Waals surface area contributed by atoms with Crippen LogP contribution in [0, 0.1) is 0 Å². The van der Waals surface area contributed by atoms with Gasteiger partial charge in [0.15, 0.2) is 0 Å². The lowest BCUT2D eigenvalue weighted by molar-refractivity contribution is -0.137. The third-order valence-corrected chi connectivity index (χ3v) is 8.91. The van der Waals surface area contributed by atoms with E-state index in [1.165, 1.54) is 36.6 Å². The number of hydrogen-bond acceptors (Lipinski definition) is 5. The second-order valence-electron chi connectivity index (χ2n) is 8.86. The summed E-state index contributed by atoms with van der Waals surface area (Å²) in [5.41, 5.74) is -0.159. The number of thiophene rings is 1. The van der Waals surface area contributed by atoms with Gasteiger partial charge in [0.1, 0.15) is 0 Å². The molecule has 0 unspecified atom stereocenters. The Labute approximate surface area is 205 Å². The number of esters is 1. The molecule has 0 amide bonds. The lowest BCUT2D eigenvalue weighted by atomic mass is 10.1. The fourth-order valence-electron chi connectivity index (χ4n) is 4.05. The Hall–Kier alpha value is -2.85. The molecule has 10 heteroatoms. The molecule has 5 nitrogen and oxygen atoms in total. The first-order valence-corrected chi connectivity index (χ1v) is 13.4. The Morgan fingerprint density at radius 2 is 1.71 bits per heavy atom. The van der Waals surface area contributed by atoms with Crippen molar-refractivity contribution in [3.05, 3.63) is 70.1 Å². The molecule has 35 heavy (non-hydrogen) atoms. The van der Waals surface area contributed by atoms with E-state index in [-0.39, 0.29) is 22.1 Å². The molecule has 3 aromatic rings. The van der Waals surface area contributed by atoms with Gasteiger partial charge >= 0.3 is 12.1 Å². The minimum atomic E-state index is -4.64. The topological polar surface area (TPSA) is 72.5 Å². The lowest BCUT2D eigenvalue weighted by Crippen LogP contribution is -2.17. The predicted molar refractivity (Wildman–Crippen MR) is 127 cm³/mol. The summed E-state index contributed by atoms with van der Waals surface area (Å²) < 4.78 is 74.7. The molecule has 0 radical (unpaired) electrons. The molecule has 0 spiro atoms. The third-order valence-electron chi connectivity index (χ3n) is 6.20. The lowest BCUT2D eigenvalue weighted by Gasteiger charge is -2.17. The average molecular weight is 522 g/mol. The van der Waals surface area contributed by atoms with E-state index in [0.717, 1.165) is 42.7 Å². The molecule has 0 bridgehead atoms. The SMILES string of the molecule is COC(=O)c1ccc(C2CC2)c(S(=O)(=O)Nc2cc(C(F)(F)F)ccc2-c2ccc(C3CC3)s2)c1. The third kappa shape index (κ3) is 4.95. The molecule has 2 aromatic carbocycles. The second kappa shape index (κ2) is 8.67. The van der Waals surface area contributed by atoms with Crippen LogP contribution in [0.25, 0.3) is 10.4 Å². The number of alkyl halides is 3. The number of hydrogen-bond donors (Lipinski definition) is 1. The largest absolute Gasteiger partial charge is 0.465 e. The van der Waals surface area contributed by atoms with E-state index in [1.807, 2.05) is 12.1 Å². The Kier molecular flexibility index (Phi) is 5.91. The maximum atomic E-state index is 13.5. The van der Waals surface area contributed by atoms with E-state index in [2.05, 4.69) is 4.72 Å². The van der Waals surface area contributed by atoms with Crippen LogP contribution >= 0.6 is 11.3 Å². The maximum Gasteiger partial charge on any atom is 0.416 e. The minimum Gasteiger partial charge on any atom is -0.465 e. The second-order valence-corrected chi connectivity index (χ2v) is 11.6. The summed E-state index contributed by atoms with van der Waals surface area (Å²) >= 11 is 1.46. The number of ether oxygens (including phenoxy) is 1. The highest BCUT2D eigenvalue weighted by atomic mass is 32.2. The molecular weight excluding hydrogens is 499 g/mol. The van der Waals surface area contributed by atoms with Crippen LogP contribution in [-0.4, -0.2) is 21.5 Å². The Morgan fingerprint density at radius 3 is 2.34 bits per heavy atom. The van der Waals surface area contributed by atoms with Crippen molar-refractivity contribution in [2.24, 2.45) is 0 Å². The molecule has 5 rings (SSSR count). The first-order chi connectivity index (χ1) is 16.6. The Morgan fingerprint density at radius 1 is 1.00 bits per heavy atom. The summed E-state index contributed by atoms with van der Waals surface area (Å²) in [7, 11) is -3.13. The summed E-state index contributed by atoms with van der Waals surface area (Å²) in [6.07, 6.45) is -0.890. The number of carbonyl (C=O) groups is 1. The molecule has 2 saturated carbocycles. The van der Waals surface area contributed by atoms with Gasteiger partial charge in [0.05, 0.1) is 28.8 Å². The highest BCUT2D eigenvalue weighted by Gasteiger charge is 2.34. The zero-order valence-corrected chi connectivity index (χ0v) is 20.3. The number of anilines is 1. The van der Waals surface area contributed by atoms with E-state index in [9.17, 15) is 26.4 Å². The van der Waals surface area contributed by atoms with E-state index < -0.39 is 27.7 Å². The van der Waals surface area contributed by atoms with Gasteiger partial charge in [-0.25, -0.2) is 13.2 Å². The molecular formula is C25H22F3NO4S2. The van der Waals surface area contributed by atoms with E-state index in [4.69, 9.17) is 4.74 Å². The molecule has 2 fully saturated rings. The van der Waals surface area contributed by atoms with Gasteiger partial charge in [-0.3, -0.25) is 4.72 Å². The first kappa shape index (κ1) is 23.9. The zero-order chi connectivity index (χ0) is 25.0. The van der Waals surface area contributed by atoms with Crippen LogP contribution in [0.1, 0.15) is 63.9 Å². The van der Waals surface area contributed by atoms with E-state index in [1.54, 1.807) is 6.07 Å². The van der Waals surface area contributed by atoms with Crippen LogP contribution in [0.15, 0.2) is 53.4 Å². The van der Waals surface area contributed by atoms with Gasteiger partial charge in [-0.05, 0) is 79.5 Å². The average Bonchev–Trinajstić information content (AvgIpc) is 3.76. The van der Waals surface area contributed by atoms with Crippen molar-refractivity contribution in [1.82, 2.24) is 0 Å². The Bertz CT molecular complexity index is 1400. The predicted octanol–water partition coefficient (Wildman–Crippen LogP) is 6.78. The number of methoxy groups -OCH3 is 1. The van der Waals surface area contributed by atoms with Gasteiger partial charge in [-0.1, -0.05) is 12.1 Å². The number of rotatable bonds is 7. The van der Waals surface area contributed by atoms with Crippen molar-refractivity contribution in [2.45, 2.75) is 48.6 Å². The number of sulfonamides is 1. The summed E-state index contributed by atoms with van der Waals surface area (Å²) in [5.74, 6) is -0.215. The number of carbonyl (C=O) groups excluding carboxylic acids is 1. The molecule has 1 heterocycles. The monoisotopic (exact) mass is 521 g/mol. The number of benzene rings is 2. The van der Waals surface area contributed by atoms with Gasteiger partial charge < -0.3 is 4.74 Å². The molecule has 1 N–H and O–H groups in total. The summed E-state index contributed by atoms with van der Waals surface area (Å²) in [6.45, 7) is 0. The van der Waals surface area contributed by atoms with Crippen molar-refractivity contribution in [3.63, 3.8) is 0 Å². The molecule has 2 aliphatic carbocycles. The van der Waals surface area contributed by atoms with Gasteiger partial charge in [-0.15, -0.1) is 11.3 Å². The summed E-state index contributed by atoms with van der Waals surface area (Å²) in [6, 6.07) is 11.1. The van der Waals surface area contributed by atoms with Crippen molar-refractivity contribution in [3.8, 4) is 10.4 Å². The highest BCUT2D eigenvalue weighted by molar-refractivity contribution is 7.92. The maximum absolute atomic E-state index is 13.5. The van der Waals surface area contributed by atoms with Crippen LogP contribution in [0.3, 0.4) is 0 Å². The van der Waals surface area contributed by atoms with Crippen LogP contribution in [0.5, 0.6) is 0 Å². The molecule has 0 atom stereocenters. The standard InChI is InChI=1S/C25H22F3NO4S2/c1-33-24(30)16-6-8-18(14-2-3-14)23(12-16)35(31,32)29-20-13-17(25(26,27)28)7-9-19(20)22-11-10-21(34-22)15-4-5-15/h6-15,29H,2-5H2,1H3. The fraction of sp³-hybridized carbons (Fsp3) is 0.320. The molecule has 0 saturated heterocycles. The van der Waals surface area contributed by atoms with E-state index >= 15 is 0 Å². The normalized spacial score (nSPS) is 16.2. The van der Waals surface area contributed by atoms with Gasteiger partial charge in [-0.2, -0.15) is 13.2 Å². The van der Waals surface area contributed by atoms with Gasteiger partial charge in [0, 0.05) is 15.3 Å². The van der Waals surface area contributed by atoms with Crippen LogP contribution in [0.4, 0.5) is 18.9 Å². The minimum absolute atomic E-state index is 0.0210. The highest BCUT2D eigenvalue weighted by Crippen LogP contribution is 2.47. The molecule has 1 aromatic heterocycles. The van der Waals surface area contributed by atoms with E-state index in [0.29, 0.717) is 21.9 Å². The number of halogens is 3. The quantitative estimate of drug-likeness (QED) is 0.348. The van der Waals surface area contributed by atoms with Crippen molar-refractivity contribution < 1.29 is 31.1 Å². The van der Waals surface area contributed by atoms with Crippen LogP contribution in [0.2, 0.25) is 0 Å². The van der Waals surface area contributed by atoms with Crippen molar-refractivity contribution in [1.29, 1.82) is 0 Å². The van der Waals surface area contributed by atoms with Crippen LogP contribution < -0.4 is 4.72 Å². The van der Waals surface area contributed by atoms with Gasteiger partial charge in [0.25, 0.3) is 10.0 Å². The Balaban J connectivity index is 1.59.